The molecule has 124 valence electrons. The van der Waals surface area contributed by atoms with Crippen LogP contribution in [-0.2, 0) is 10.0 Å². The van der Waals surface area contributed by atoms with Crippen LogP contribution in [0.5, 0.6) is 0 Å². The highest BCUT2D eigenvalue weighted by molar-refractivity contribution is 9.10. The molecule has 0 fully saturated rings. The average Bonchev–Trinajstić information content (AvgIpc) is 2.50. The molecule has 0 aliphatic heterocycles. The summed E-state index contributed by atoms with van der Waals surface area (Å²) in [6, 6.07) is 15.1. The molecule has 0 aromatic heterocycles. The molecule has 2 rings (SSSR count). The molecule has 0 radical (unpaired) electrons. The summed E-state index contributed by atoms with van der Waals surface area (Å²) in [4.78, 5) is 2.31. The first-order valence-corrected chi connectivity index (χ1v) is 9.56. The Morgan fingerprint density at radius 1 is 1.13 bits per heavy atom. The van der Waals surface area contributed by atoms with Gasteiger partial charge in [-0.3, -0.25) is 0 Å². The lowest BCUT2D eigenvalue weighted by atomic mass is 10.1. The van der Waals surface area contributed by atoms with Crippen LogP contribution >= 0.6 is 15.9 Å². The van der Waals surface area contributed by atoms with E-state index in [-0.39, 0.29) is 6.04 Å². The Morgan fingerprint density at radius 2 is 1.78 bits per heavy atom. The third-order valence-corrected chi connectivity index (χ3v) is 5.77. The molecule has 0 aliphatic rings. The predicted octanol–water partition coefficient (Wildman–Crippen LogP) is 3.34. The van der Waals surface area contributed by atoms with E-state index in [2.05, 4.69) is 20.7 Å². The zero-order chi connectivity index (χ0) is 17.0. The molecular weight excluding hydrogens is 376 g/mol. The Hall–Kier alpha value is -1.21. The molecule has 4 nitrogen and oxygen atoms in total. The Kier molecular flexibility index (Phi) is 5.97. The van der Waals surface area contributed by atoms with Crippen molar-refractivity contribution in [3.05, 3.63) is 64.1 Å². The van der Waals surface area contributed by atoms with Gasteiger partial charge in [0.15, 0.2) is 0 Å². The summed E-state index contributed by atoms with van der Waals surface area (Å²) in [5.74, 6) is 0. The first-order chi connectivity index (χ1) is 10.8. The minimum atomic E-state index is -3.56. The van der Waals surface area contributed by atoms with Crippen molar-refractivity contribution in [2.24, 2.45) is 0 Å². The lowest BCUT2D eigenvalue weighted by molar-refractivity contribution is 0.299. The fourth-order valence-electron chi connectivity index (χ4n) is 2.40. The van der Waals surface area contributed by atoms with E-state index in [4.69, 9.17) is 0 Å². The van der Waals surface area contributed by atoms with Gasteiger partial charge in [-0.1, -0.05) is 52.3 Å². The molecule has 0 amide bonds. The van der Waals surface area contributed by atoms with Crippen LogP contribution in [-0.4, -0.2) is 34.0 Å². The molecule has 0 aliphatic carbocycles. The smallest absolute Gasteiger partial charge is 0.240 e. The van der Waals surface area contributed by atoms with Crippen LogP contribution in [0.4, 0.5) is 0 Å². The molecular formula is C17H21BrN2O2S. The minimum Gasteiger partial charge on any atom is -0.301 e. The van der Waals surface area contributed by atoms with E-state index in [9.17, 15) is 8.42 Å². The topological polar surface area (TPSA) is 49.4 Å². The van der Waals surface area contributed by atoms with Crippen molar-refractivity contribution in [2.45, 2.75) is 17.9 Å². The van der Waals surface area contributed by atoms with Crippen molar-refractivity contribution in [3.63, 3.8) is 0 Å². The standard InChI is InChI=1S/C17H21BrN2O2S/c1-13-9-10-15(18)11-17(13)23(21,22)19-12-16(20(2)3)14-7-5-4-6-8-14/h4-11,16,19H,12H2,1-3H3. The number of nitrogens with one attached hydrogen (secondary N) is 1. The van der Waals surface area contributed by atoms with Gasteiger partial charge in [0.25, 0.3) is 0 Å². The van der Waals surface area contributed by atoms with Gasteiger partial charge in [0.2, 0.25) is 10.0 Å². The first-order valence-electron chi connectivity index (χ1n) is 7.28. The summed E-state index contributed by atoms with van der Waals surface area (Å²) in [6.45, 7) is 2.10. The number of benzene rings is 2. The molecule has 1 N–H and O–H groups in total. The van der Waals surface area contributed by atoms with Gasteiger partial charge in [-0.25, -0.2) is 13.1 Å². The monoisotopic (exact) mass is 396 g/mol. The number of rotatable bonds is 6. The quantitative estimate of drug-likeness (QED) is 0.814. The zero-order valence-electron chi connectivity index (χ0n) is 13.5. The second-order valence-electron chi connectivity index (χ2n) is 5.65. The molecule has 1 atom stereocenters. The SMILES string of the molecule is Cc1ccc(Br)cc1S(=O)(=O)NCC(c1ccccc1)N(C)C. The second-order valence-corrected chi connectivity index (χ2v) is 8.30. The highest BCUT2D eigenvalue weighted by Crippen LogP contribution is 2.22. The molecule has 6 heteroatoms. The van der Waals surface area contributed by atoms with Gasteiger partial charge in [0.1, 0.15) is 0 Å². The van der Waals surface area contributed by atoms with E-state index < -0.39 is 10.0 Å². The molecule has 0 spiro atoms. The summed E-state index contributed by atoms with van der Waals surface area (Å²) < 4.78 is 28.7. The molecule has 2 aromatic rings. The normalized spacial score (nSPS) is 13.3. The number of sulfonamides is 1. The van der Waals surface area contributed by atoms with Gasteiger partial charge in [-0.15, -0.1) is 0 Å². The largest absolute Gasteiger partial charge is 0.301 e. The number of hydrogen-bond acceptors (Lipinski definition) is 3. The molecule has 0 heterocycles. The number of aryl methyl sites for hydroxylation is 1. The van der Waals surface area contributed by atoms with Crippen molar-refractivity contribution >= 4 is 26.0 Å². The molecule has 0 bridgehead atoms. The maximum Gasteiger partial charge on any atom is 0.240 e. The van der Waals surface area contributed by atoms with Crippen molar-refractivity contribution in [1.82, 2.24) is 9.62 Å². The molecule has 0 saturated carbocycles. The molecule has 1 unspecified atom stereocenters. The molecule has 2 aromatic carbocycles. The van der Waals surface area contributed by atoms with Gasteiger partial charge in [-0.05, 0) is 44.3 Å². The van der Waals surface area contributed by atoms with Crippen LogP contribution in [0.3, 0.4) is 0 Å². The lowest BCUT2D eigenvalue weighted by Crippen LogP contribution is -2.34. The summed E-state index contributed by atoms with van der Waals surface area (Å²) in [5, 5.41) is 0. The van der Waals surface area contributed by atoms with E-state index in [0.717, 1.165) is 15.6 Å². The van der Waals surface area contributed by atoms with Crippen LogP contribution in [0.25, 0.3) is 0 Å². The van der Waals surface area contributed by atoms with Gasteiger partial charge >= 0.3 is 0 Å². The van der Waals surface area contributed by atoms with Gasteiger partial charge < -0.3 is 4.90 Å². The van der Waals surface area contributed by atoms with Crippen LogP contribution in [0, 0.1) is 6.92 Å². The Morgan fingerprint density at radius 3 is 2.39 bits per heavy atom. The van der Waals surface area contributed by atoms with Crippen LogP contribution in [0.15, 0.2) is 57.9 Å². The Bertz CT molecular complexity index is 761. The Balaban J connectivity index is 2.22. The van der Waals surface area contributed by atoms with Gasteiger partial charge in [0, 0.05) is 17.1 Å². The fraction of sp³-hybridized carbons (Fsp3) is 0.294. The van der Waals surface area contributed by atoms with Crippen LogP contribution in [0.1, 0.15) is 17.2 Å². The van der Waals surface area contributed by atoms with E-state index in [1.807, 2.05) is 55.4 Å². The molecule has 0 saturated heterocycles. The Labute approximate surface area is 146 Å². The highest BCUT2D eigenvalue weighted by atomic mass is 79.9. The maximum atomic E-state index is 12.6. The van der Waals surface area contributed by atoms with Gasteiger partial charge in [0.05, 0.1) is 4.90 Å². The van der Waals surface area contributed by atoms with Crippen LogP contribution < -0.4 is 4.72 Å². The fourth-order valence-corrected chi connectivity index (χ4v) is 4.22. The number of likely N-dealkylation sites (N-methyl/N-ethyl adjacent to an activating group) is 1. The lowest BCUT2D eigenvalue weighted by Gasteiger charge is -2.25. The summed E-state index contributed by atoms with van der Waals surface area (Å²) in [6.07, 6.45) is 0. The number of halogens is 1. The summed E-state index contributed by atoms with van der Waals surface area (Å²) in [7, 11) is 0.325. The van der Waals surface area contributed by atoms with Crippen molar-refractivity contribution < 1.29 is 8.42 Å². The number of nitrogens with zero attached hydrogens (tertiary/aromatic N) is 1. The van der Waals surface area contributed by atoms with Crippen molar-refractivity contribution in [1.29, 1.82) is 0 Å². The minimum absolute atomic E-state index is 0.0292. The van der Waals surface area contributed by atoms with Crippen LogP contribution in [0.2, 0.25) is 0 Å². The van der Waals surface area contributed by atoms with E-state index >= 15 is 0 Å². The maximum absolute atomic E-state index is 12.6. The van der Waals surface area contributed by atoms with E-state index in [1.54, 1.807) is 19.1 Å². The first kappa shape index (κ1) is 18.1. The number of hydrogen-bond donors (Lipinski definition) is 1. The third-order valence-electron chi connectivity index (χ3n) is 3.71. The van der Waals surface area contributed by atoms with E-state index in [0.29, 0.717) is 11.4 Å². The van der Waals surface area contributed by atoms with Crippen molar-refractivity contribution in [2.75, 3.05) is 20.6 Å². The summed E-state index contributed by atoms with van der Waals surface area (Å²) in [5.41, 5.74) is 1.80. The predicted molar refractivity (Wildman–Crippen MR) is 96.9 cm³/mol. The van der Waals surface area contributed by atoms with E-state index in [1.165, 1.54) is 0 Å². The average molecular weight is 397 g/mol. The zero-order valence-corrected chi connectivity index (χ0v) is 15.9. The third kappa shape index (κ3) is 4.64. The highest BCUT2D eigenvalue weighted by Gasteiger charge is 2.21. The molecule has 23 heavy (non-hydrogen) atoms. The van der Waals surface area contributed by atoms with Gasteiger partial charge in [-0.2, -0.15) is 0 Å². The van der Waals surface area contributed by atoms with Crippen molar-refractivity contribution in [3.8, 4) is 0 Å². The second kappa shape index (κ2) is 7.57. The summed E-state index contributed by atoms with van der Waals surface area (Å²) >= 11 is 3.33.